The molecule has 0 radical (unpaired) electrons. The lowest BCUT2D eigenvalue weighted by molar-refractivity contribution is -0.136. The summed E-state index contributed by atoms with van der Waals surface area (Å²) in [5, 5.41) is 0. The van der Waals surface area contributed by atoms with Gasteiger partial charge in [0.1, 0.15) is 0 Å². The number of thioether (sulfide) groups is 1. The largest absolute Gasteiger partial charge is 0.374 e. The average molecular weight is 245 g/mol. The summed E-state index contributed by atoms with van der Waals surface area (Å²) in [6.07, 6.45) is 2.99. The summed E-state index contributed by atoms with van der Waals surface area (Å²) < 4.78 is 5.71. The SMILES string of the molecule is CSC[C@@H](C)C(=O)N1CCCOC(C)(C)C1. The predicted octanol–water partition coefficient (Wildman–Crippen LogP) is 2.01. The maximum Gasteiger partial charge on any atom is 0.226 e. The lowest BCUT2D eigenvalue weighted by atomic mass is 10.1. The number of rotatable bonds is 3. The number of nitrogens with zero attached hydrogens (tertiary/aromatic N) is 1. The molecule has 1 atom stereocenters. The van der Waals surface area contributed by atoms with Crippen LogP contribution in [-0.4, -0.2) is 48.1 Å². The van der Waals surface area contributed by atoms with Gasteiger partial charge >= 0.3 is 0 Å². The topological polar surface area (TPSA) is 29.5 Å². The van der Waals surface area contributed by atoms with Crippen molar-refractivity contribution in [2.75, 3.05) is 31.7 Å². The van der Waals surface area contributed by atoms with Crippen LogP contribution in [0.2, 0.25) is 0 Å². The standard InChI is InChI=1S/C12H23NO2S/c1-10(8-16-4)11(14)13-6-5-7-15-12(2,3)9-13/h10H,5-9H2,1-4H3/t10-/m1/s1. The molecule has 0 aromatic heterocycles. The lowest BCUT2D eigenvalue weighted by Crippen LogP contribution is -2.44. The number of amides is 1. The minimum absolute atomic E-state index is 0.115. The molecular weight excluding hydrogens is 222 g/mol. The molecule has 1 fully saturated rings. The Bertz CT molecular complexity index is 243. The normalized spacial score (nSPS) is 22.6. The summed E-state index contributed by atoms with van der Waals surface area (Å²) in [5.74, 6) is 1.29. The molecule has 0 aliphatic carbocycles. The van der Waals surface area contributed by atoms with E-state index in [4.69, 9.17) is 4.74 Å². The van der Waals surface area contributed by atoms with E-state index in [2.05, 4.69) is 13.8 Å². The average Bonchev–Trinajstić information content (AvgIpc) is 2.38. The molecule has 4 heteroatoms. The van der Waals surface area contributed by atoms with Crippen LogP contribution in [0.15, 0.2) is 0 Å². The third-order valence-corrected chi connectivity index (χ3v) is 3.62. The van der Waals surface area contributed by atoms with E-state index in [-0.39, 0.29) is 17.4 Å². The maximum atomic E-state index is 12.2. The van der Waals surface area contributed by atoms with Gasteiger partial charge in [-0.25, -0.2) is 0 Å². The van der Waals surface area contributed by atoms with Crippen molar-refractivity contribution in [3.63, 3.8) is 0 Å². The molecule has 0 N–H and O–H groups in total. The number of carbonyl (C=O) groups excluding carboxylic acids is 1. The Morgan fingerprint density at radius 2 is 2.25 bits per heavy atom. The van der Waals surface area contributed by atoms with Crippen molar-refractivity contribution in [2.24, 2.45) is 5.92 Å². The number of ether oxygens (including phenoxy) is 1. The van der Waals surface area contributed by atoms with Gasteiger partial charge < -0.3 is 9.64 Å². The molecule has 1 saturated heterocycles. The first-order valence-electron chi connectivity index (χ1n) is 5.88. The first-order chi connectivity index (χ1) is 7.46. The zero-order valence-electron chi connectivity index (χ0n) is 10.8. The Labute approximate surface area is 103 Å². The molecule has 0 unspecified atom stereocenters. The highest BCUT2D eigenvalue weighted by Crippen LogP contribution is 2.19. The second-order valence-electron chi connectivity index (χ2n) is 5.08. The summed E-state index contributed by atoms with van der Waals surface area (Å²) in [6.45, 7) is 8.42. The minimum Gasteiger partial charge on any atom is -0.374 e. The molecule has 0 aromatic rings. The van der Waals surface area contributed by atoms with Crippen molar-refractivity contribution in [1.29, 1.82) is 0 Å². The van der Waals surface area contributed by atoms with Crippen molar-refractivity contribution >= 4 is 17.7 Å². The highest BCUT2D eigenvalue weighted by Gasteiger charge is 2.29. The van der Waals surface area contributed by atoms with Gasteiger partial charge in [0, 0.05) is 31.4 Å². The van der Waals surface area contributed by atoms with Crippen molar-refractivity contribution in [3.05, 3.63) is 0 Å². The fourth-order valence-corrected chi connectivity index (χ4v) is 2.65. The molecule has 16 heavy (non-hydrogen) atoms. The third-order valence-electron chi connectivity index (χ3n) is 2.79. The Morgan fingerprint density at radius 1 is 1.56 bits per heavy atom. The van der Waals surface area contributed by atoms with Crippen LogP contribution in [0.1, 0.15) is 27.2 Å². The van der Waals surface area contributed by atoms with E-state index in [0.717, 1.165) is 25.3 Å². The molecule has 0 spiro atoms. The third kappa shape index (κ3) is 3.98. The first-order valence-corrected chi connectivity index (χ1v) is 7.27. The smallest absolute Gasteiger partial charge is 0.226 e. The first kappa shape index (κ1) is 13.8. The molecule has 1 amide bonds. The molecule has 94 valence electrons. The number of carbonyl (C=O) groups is 1. The van der Waals surface area contributed by atoms with E-state index in [0.29, 0.717) is 6.54 Å². The molecule has 1 rings (SSSR count). The number of hydrogen-bond donors (Lipinski definition) is 0. The zero-order valence-corrected chi connectivity index (χ0v) is 11.6. The van der Waals surface area contributed by atoms with Gasteiger partial charge in [-0.2, -0.15) is 11.8 Å². The summed E-state index contributed by atoms with van der Waals surface area (Å²) >= 11 is 1.73. The maximum absolute atomic E-state index is 12.2. The monoisotopic (exact) mass is 245 g/mol. The highest BCUT2D eigenvalue weighted by molar-refractivity contribution is 7.98. The summed E-state index contributed by atoms with van der Waals surface area (Å²) in [6, 6.07) is 0. The fraction of sp³-hybridized carbons (Fsp3) is 0.917. The van der Waals surface area contributed by atoms with E-state index in [1.165, 1.54) is 0 Å². The molecule has 0 aromatic carbocycles. The minimum atomic E-state index is -0.203. The van der Waals surface area contributed by atoms with Crippen LogP contribution in [0.25, 0.3) is 0 Å². The number of hydrogen-bond acceptors (Lipinski definition) is 3. The van der Waals surface area contributed by atoms with Crippen LogP contribution in [0.3, 0.4) is 0 Å². The molecule has 1 aliphatic heterocycles. The zero-order chi connectivity index (χ0) is 12.2. The fourth-order valence-electron chi connectivity index (χ4n) is 2.01. The molecule has 3 nitrogen and oxygen atoms in total. The summed E-state index contributed by atoms with van der Waals surface area (Å²) in [5.41, 5.74) is -0.203. The summed E-state index contributed by atoms with van der Waals surface area (Å²) in [7, 11) is 0. The van der Waals surface area contributed by atoms with Crippen LogP contribution in [-0.2, 0) is 9.53 Å². The lowest BCUT2D eigenvalue weighted by Gasteiger charge is -2.30. The van der Waals surface area contributed by atoms with E-state index in [9.17, 15) is 4.79 Å². The van der Waals surface area contributed by atoms with Crippen LogP contribution in [0.5, 0.6) is 0 Å². The van der Waals surface area contributed by atoms with Gasteiger partial charge in [-0.05, 0) is 26.5 Å². The molecule has 0 saturated carbocycles. The molecule has 1 heterocycles. The van der Waals surface area contributed by atoms with Crippen LogP contribution in [0, 0.1) is 5.92 Å². The molecular formula is C12H23NO2S. The van der Waals surface area contributed by atoms with Gasteiger partial charge in [0.2, 0.25) is 5.91 Å². The highest BCUT2D eigenvalue weighted by atomic mass is 32.2. The summed E-state index contributed by atoms with van der Waals surface area (Å²) in [4.78, 5) is 14.2. The van der Waals surface area contributed by atoms with E-state index < -0.39 is 0 Å². The molecule has 0 bridgehead atoms. The van der Waals surface area contributed by atoms with Gasteiger partial charge in [0.05, 0.1) is 5.60 Å². The Balaban J connectivity index is 2.60. The second kappa shape index (κ2) is 5.92. The van der Waals surface area contributed by atoms with Crippen LogP contribution in [0.4, 0.5) is 0 Å². The van der Waals surface area contributed by atoms with E-state index >= 15 is 0 Å². The van der Waals surface area contributed by atoms with Crippen molar-refractivity contribution in [3.8, 4) is 0 Å². The predicted molar refractivity (Wildman–Crippen MR) is 68.8 cm³/mol. The second-order valence-corrected chi connectivity index (χ2v) is 5.99. The van der Waals surface area contributed by atoms with Crippen LogP contribution >= 0.6 is 11.8 Å². The van der Waals surface area contributed by atoms with Gasteiger partial charge in [-0.1, -0.05) is 6.92 Å². The van der Waals surface area contributed by atoms with Crippen LogP contribution < -0.4 is 0 Å². The quantitative estimate of drug-likeness (QED) is 0.762. The Morgan fingerprint density at radius 3 is 2.88 bits per heavy atom. The van der Waals surface area contributed by atoms with Gasteiger partial charge in [0.15, 0.2) is 0 Å². The van der Waals surface area contributed by atoms with Crippen molar-refractivity contribution in [2.45, 2.75) is 32.8 Å². The molecule has 1 aliphatic rings. The van der Waals surface area contributed by atoms with E-state index in [1.807, 2.05) is 18.1 Å². The van der Waals surface area contributed by atoms with Gasteiger partial charge in [-0.3, -0.25) is 4.79 Å². The van der Waals surface area contributed by atoms with Crippen molar-refractivity contribution in [1.82, 2.24) is 4.90 Å². The van der Waals surface area contributed by atoms with Crippen molar-refractivity contribution < 1.29 is 9.53 Å². The van der Waals surface area contributed by atoms with Gasteiger partial charge in [0.25, 0.3) is 0 Å². The Kier molecular flexibility index (Phi) is 5.12. The van der Waals surface area contributed by atoms with Gasteiger partial charge in [-0.15, -0.1) is 0 Å². The Hall–Kier alpha value is -0.220. The van der Waals surface area contributed by atoms with E-state index in [1.54, 1.807) is 11.8 Å².